The van der Waals surface area contributed by atoms with Crippen molar-refractivity contribution in [2.45, 2.75) is 64.3 Å². The van der Waals surface area contributed by atoms with Gasteiger partial charge in [0.1, 0.15) is 0 Å². The van der Waals surface area contributed by atoms with Gasteiger partial charge in [0, 0.05) is 13.1 Å². The van der Waals surface area contributed by atoms with Crippen molar-refractivity contribution in [3.8, 4) is 0 Å². The first-order chi connectivity index (χ1) is 8.66. The number of rotatable bonds is 9. The van der Waals surface area contributed by atoms with Crippen molar-refractivity contribution in [2.75, 3.05) is 0 Å². The molecular weight excluding hydrogens is 246 g/mol. The van der Waals surface area contributed by atoms with Gasteiger partial charge >= 0.3 is 0 Å². The summed E-state index contributed by atoms with van der Waals surface area (Å²) in [6.07, 6.45) is 11.8. The summed E-state index contributed by atoms with van der Waals surface area (Å²) in [5.74, 6) is 0. The molecule has 0 radical (unpaired) electrons. The highest BCUT2D eigenvalue weighted by atomic mass is 35.5. The van der Waals surface area contributed by atoms with Gasteiger partial charge in [0.05, 0.1) is 16.9 Å². The number of unbranched alkanes of at least 4 members (excludes halogenated alkanes) is 6. The molecule has 0 aliphatic rings. The smallest absolute Gasteiger partial charge is 0.0833 e. The molecule has 2 N–H and O–H groups in total. The van der Waals surface area contributed by atoms with Crippen molar-refractivity contribution >= 4 is 11.6 Å². The van der Waals surface area contributed by atoms with Crippen LogP contribution >= 0.6 is 11.6 Å². The van der Waals surface area contributed by atoms with Crippen LogP contribution < -0.4 is 5.73 Å². The van der Waals surface area contributed by atoms with Crippen LogP contribution in [0.4, 0.5) is 0 Å². The number of aryl methyl sites for hydroxylation is 1. The van der Waals surface area contributed by atoms with E-state index in [1.54, 1.807) is 10.9 Å². The Morgan fingerprint density at radius 2 is 1.83 bits per heavy atom. The van der Waals surface area contributed by atoms with Gasteiger partial charge in [-0.15, -0.1) is 0 Å². The number of hydrogen-bond acceptors (Lipinski definition) is 2. The summed E-state index contributed by atoms with van der Waals surface area (Å²) in [5.41, 5.74) is 7.12. The predicted molar refractivity (Wildman–Crippen MR) is 77.8 cm³/mol. The fourth-order valence-electron chi connectivity index (χ4n) is 2.30. The van der Waals surface area contributed by atoms with Crippen LogP contribution in [0.2, 0.25) is 5.02 Å². The van der Waals surface area contributed by atoms with Crippen molar-refractivity contribution < 1.29 is 0 Å². The van der Waals surface area contributed by atoms with Gasteiger partial charge < -0.3 is 5.73 Å². The fourth-order valence-corrected chi connectivity index (χ4v) is 2.60. The number of hydrogen-bond donors (Lipinski definition) is 1. The normalized spacial score (nSPS) is 12.9. The second-order valence-electron chi connectivity index (χ2n) is 5.02. The molecule has 4 heteroatoms. The molecule has 0 saturated carbocycles. The van der Waals surface area contributed by atoms with Gasteiger partial charge in [0.25, 0.3) is 0 Å². The molecule has 0 aliphatic heterocycles. The lowest BCUT2D eigenvalue weighted by Crippen LogP contribution is -2.15. The zero-order valence-electron chi connectivity index (χ0n) is 11.7. The molecule has 3 nitrogen and oxygen atoms in total. The van der Waals surface area contributed by atoms with E-state index in [2.05, 4.69) is 12.0 Å². The van der Waals surface area contributed by atoms with E-state index in [4.69, 9.17) is 17.3 Å². The summed E-state index contributed by atoms with van der Waals surface area (Å²) in [4.78, 5) is 0. The minimum Gasteiger partial charge on any atom is -0.323 e. The zero-order valence-corrected chi connectivity index (χ0v) is 12.4. The lowest BCUT2D eigenvalue weighted by atomic mass is 10.0. The SMILES string of the molecule is CCCCCCCCCC(N)c1c(Cl)cnn1C. The van der Waals surface area contributed by atoms with E-state index in [-0.39, 0.29) is 6.04 Å². The molecular formula is C14H26ClN3. The van der Waals surface area contributed by atoms with Gasteiger partial charge in [-0.3, -0.25) is 4.68 Å². The van der Waals surface area contributed by atoms with Crippen LogP contribution in [0.5, 0.6) is 0 Å². The van der Waals surface area contributed by atoms with E-state index in [0.717, 1.165) is 12.1 Å². The molecule has 0 saturated heterocycles. The number of halogens is 1. The highest BCUT2D eigenvalue weighted by Crippen LogP contribution is 2.24. The quantitative estimate of drug-likeness (QED) is 0.684. The molecule has 1 unspecified atom stereocenters. The van der Waals surface area contributed by atoms with E-state index < -0.39 is 0 Å². The minimum atomic E-state index is 0.0145. The molecule has 18 heavy (non-hydrogen) atoms. The monoisotopic (exact) mass is 271 g/mol. The molecule has 1 aromatic rings. The van der Waals surface area contributed by atoms with E-state index in [1.807, 2.05) is 7.05 Å². The molecule has 1 aromatic heterocycles. The van der Waals surface area contributed by atoms with Crippen LogP contribution in [0.3, 0.4) is 0 Å². The van der Waals surface area contributed by atoms with Crippen molar-refractivity contribution in [2.24, 2.45) is 12.8 Å². The lowest BCUT2D eigenvalue weighted by Gasteiger charge is -2.12. The first-order valence-electron chi connectivity index (χ1n) is 7.09. The van der Waals surface area contributed by atoms with Gasteiger partial charge in [-0.2, -0.15) is 5.10 Å². The van der Waals surface area contributed by atoms with Gasteiger partial charge in [0.2, 0.25) is 0 Å². The molecule has 1 atom stereocenters. The average Bonchev–Trinajstić information content (AvgIpc) is 2.68. The fraction of sp³-hybridized carbons (Fsp3) is 0.786. The van der Waals surface area contributed by atoms with Crippen molar-refractivity contribution in [1.82, 2.24) is 9.78 Å². The molecule has 0 amide bonds. The third-order valence-electron chi connectivity index (χ3n) is 3.41. The summed E-state index contributed by atoms with van der Waals surface area (Å²) in [5, 5.41) is 4.81. The summed E-state index contributed by atoms with van der Waals surface area (Å²) >= 11 is 6.07. The molecule has 0 fully saturated rings. The van der Waals surface area contributed by atoms with Gasteiger partial charge in [-0.25, -0.2) is 0 Å². The first kappa shape index (κ1) is 15.5. The third-order valence-corrected chi connectivity index (χ3v) is 3.70. The van der Waals surface area contributed by atoms with Crippen LogP contribution in [0.1, 0.15) is 70.0 Å². The predicted octanol–water partition coefficient (Wildman–Crippen LogP) is 4.21. The second kappa shape index (κ2) is 8.54. The standard InChI is InChI=1S/C14H26ClN3/c1-3-4-5-6-7-8-9-10-13(16)14-12(15)11-17-18(14)2/h11,13H,3-10,16H2,1-2H3. The molecule has 0 spiro atoms. The summed E-state index contributed by atoms with van der Waals surface area (Å²) < 4.78 is 1.79. The number of aromatic nitrogens is 2. The Kier molecular flexibility index (Phi) is 7.36. The molecule has 1 rings (SSSR count). The minimum absolute atomic E-state index is 0.0145. The highest BCUT2D eigenvalue weighted by molar-refractivity contribution is 6.31. The van der Waals surface area contributed by atoms with Gasteiger partial charge in [-0.05, 0) is 6.42 Å². The Balaban J connectivity index is 2.16. The summed E-state index contributed by atoms with van der Waals surface area (Å²) in [7, 11) is 1.89. The maximum atomic E-state index is 6.16. The summed E-state index contributed by atoms with van der Waals surface area (Å²) in [6, 6.07) is 0.0145. The van der Waals surface area contributed by atoms with Crippen LogP contribution in [0.25, 0.3) is 0 Å². The topological polar surface area (TPSA) is 43.8 Å². The van der Waals surface area contributed by atoms with Gasteiger partial charge in [0.15, 0.2) is 0 Å². The number of nitrogens with zero attached hydrogens (tertiary/aromatic N) is 2. The third kappa shape index (κ3) is 4.99. The molecule has 104 valence electrons. The van der Waals surface area contributed by atoms with E-state index in [1.165, 1.54) is 44.9 Å². The first-order valence-corrected chi connectivity index (χ1v) is 7.47. The van der Waals surface area contributed by atoms with Crippen LogP contribution in [-0.2, 0) is 7.05 Å². The molecule has 1 heterocycles. The van der Waals surface area contributed by atoms with E-state index in [0.29, 0.717) is 5.02 Å². The Morgan fingerprint density at radius 1 is 1.22 bits per heavy atom. The van der Waals surface area contributed by atoms with Crippen LogP contribution in [0, 0.1) is 0 Å². The second-order valence-corrected chi connectivity index (χ2v) is 5.43. The Morgan fingerprint density at radius 3 is 2.39 bits per heavy atom. The lowest BCUT2D eigenvalue weighted by molar-refractivity contribution is 0.520. The largest absolute Gasteiger partial charge is 0.323 e. The van der Waals surface area contributed by atoms with Crippen LogP contribution in [-0.4, -0.2) is 9.78 Å². The van der Waals surface area contributed by atoms with Crippen molar-refractivity contribution in [3.63, 3.8) is 0 Å². The molecule has 0 bridgehead atoms. The maximum Gasteiger partial charge on any atom is 0.0833 e. The Bertz CT molecular complexity index is 316. The van der Waals surface area contributed by atoms with Crippen molar-refractivity contribution in [3.05, 3.63) is 16.9 Å². The van der Waals surface area contributed by atoms with Crippen molar-refractivity contribution in [1.29, 1.82) is 0 Å². The molecule has 0 aliphatic carbocycles. The van der Waals surface area contributed by atoms with Gasteiger partial charge in [-0.1, -0.05) is 63.5 Å². The highest BCUT2D eigenvalue weighted by Gasteiger charge is 2.14. The van der Waals surface area contributed by atoms with E-state index in [9.17, 15) is 0 Å². The Hall–Kier alpha value is -0.540. The summed E-state index contributed by atoms with van der Waals surface area (Å²) in [6.45, 7) is 2.25. The Labute approximate surface area is 116 Å². The average molecular weight is 272 g/mol. The molecule has 0 aromatic carbocycles. The number of nitrogens with two attached hydrogens (primary N) is 1. The maximum absolute atomic E-state index is 6.16. The van der Waals surface area contributed by atoms with Crippen LogP contribution in [0.15, 0.2) is 6.20 Å². The van der Waals surface area contributed by atoms with E-state index >= 15 is 0 Å². The zero-order chi connectivity index (χ0) is 13.4.